The number of ether oxygens (including phenoxy) is 1. The lowest BCUT2D eigenvalue weighted by molar-refractivity contribution is -0.124. The SMILES string of the molecule is CC(C)CNC(=O)COC(=O)c1cc(Cl)cc(Cl)c1. The summed E-state index contributed by atoms with van der Waals surface area (Å²) in [4.78, 5) is 23.0. The first-order valence-corrected chi connectivity index (χ1v) is 6.54. The first-order chi connectivity index (χ1) is 8.88. The van der Waals surface area contributed by atoms with E-state index in [1.54, 1.807) is 0 Å². The molecular formula is C13H15Cl2NO3. The number of carbonyl (C=O) groups excluding carboxylic acids is 2. The Morgan fingerprint density at radius 3 is 2.32 bits per heavy atom. The predicted molar refractivity (Wildman–Crippen MR) is 74.6 cm³/mol. The van der Waals surface area contributed by atoms with Gasteiger partial charge >= 0.3 is 5.97 Å². The number of hydrogen-bond donors (Lipinski definition) is 1. The van der Waals surface area contributed by atoms with Crippen LogP contribution in [0.15, 0.2) is 18.2 Å². The number of benzene rings is 1. The van der Waals surface area contributed by atoms with Gasteiger partial charge in [-0.2, -0.15) is 0 Å². The van der Waals surface area contributed by atoms with E-state index in [1.807, 2.05) is 13.8 Å². The minimum absolute atomic E-state index is 0.217. The highest BCUT2D eigenvalue weighted by atomic mass is 35.5. The standard InChI is InChI=1S/C13H15Cl2NO3/c1-8(2)6-16-12(17)7-19-13(18)9-3-10(14)5-11(15)4-9/h3-5,8H,6-7H2,1-2H3,(H,16,17). The third-order valence-electron chi connectivity index (χ3n) is 2.14. The van der Waals surface area contributed by atoms with Crippen molar-refractivity contribution in [3.63, 3.8) is 0 Å². The quantitative estimate of drug-likeness (QED) is 0.851. The Kier molecular flexibility index (Phi) is 6.12. The summed E-state index contributed by atoms with van der Waals surface area (Å²) in [6.07, 6.45) is 0. The second-order valence-electron chi connectivity index (χ2n) is 4.43. The van der Waals surface area contributed by atoms with Crippen LogP contribution in [-0.4, -0.2) is 25.0 Å². The Morgan fingerprint density at radius 1 is 1.21 bits per heavy atom. The van der Waals surface area contributed by atoms with Gasteiger partial charge in [0, 0.05) is 16.6 Å². The molecule has 0 saturated carbocycles. The van der Waals surface area contributed by atoms with Gasteiger partial charge in [0.2, 0.25) is 0 Å². The van der Waals surface area contributed by atoms with Crippen molar-refractivity contribution >= 4 is 35.1 Å². The molecule has 0 aromatic heterocycles. The molecule has 0 aliphatic carbocycles. The van der Waals surface area contributed by atoms with Crippen molar-refractivity contribution in [1.82, 2.24) is 5.32 Å². The van der Waals surface area contributed by atoms with Gasteiger partial charge in [0.05, 0.1) is 5.56 Å². The lowest BCUT2D eigenvalue weighted by Crippen LogP contribution is -2.31. The van der Waals surface area contributed by atoms with Gasteiger partial charge in [0.15, 0.2) is 6.61 Å². The number of amides is 1. The van der Waals surface area contributed by atoms with Crippen LogP contribution in [0, 0.1) is 5.92 Å². The lowest BCUT2D eigenvalue weighted by atomic mass is 10.2. The zero-order valence-electron chi connectivity index (χ0n) is 10.7. The fourth-order valence-electron chi connectivity index (χ4n) is 1.26. The normalized spacial score (nSPS) is 10.4. The van der Waals surface area contributed by atoms with E-state index in [4.69, 9.17) is 27.9 Å². The van der Waals surface area contributed by atoms with Crippen LogP contribution < -0.4 is 5.32 Å². The van der Waals surface area contributed by atoms with Crippen LogP contribution >= 0.6 is 23.2 Å². The number of halogens is 2. The minimum Gasteiger partial charge on any atom is -0.452 e. The van der Waals surface area contributed by atoms with E-state index in [-0.39, 0.29) is 18.1 Å². The summed E-state index contributed by atoms with van der Waals surface area (Å²) in [7, 11) is 0. The molecule has 19 heavy (non-hydrogen) atoms. The van der Waals surface area contributed by atoms with Gasteiger partial charge < -0.3 is 10.1 Å². The maximum Gasteiger partial charge on any atom is 0.338 e. The molecule has 0 unspecified atom stereocenters. The summed E-state index contributed by atoms with van der Waals surface area (Å²) < 4.78 is 4.86. The maximum absolute atomic E-state index is 11.7. The van der Waals surface area contributed by atoms with E-state index in [1.165, 1.54) is 18.2 Å². The molecular weight excluding hydrogens is 289 g/mol. The molecule has 1 aromatic carbocycles. The highest BCUT2D eigenvalue weighted by Crippen LogP contribution is 2.19. The van der Waals surface area contributed by atoms with E-state index in [2.05, 4.69) is 5.32 Å². The van der Waals surface area contributed by atoms with Crippen LogP contribution in [0.5, 0.6) is 0 Å². The Morgan fingerprint density at radius 2 is 1.79 bits per heavy atom. The van der Waals surface area contributed by atoms with Gasteiger partial charge in [-0.05, 0) is 24.1 Å². The molecule has 1 aromatic rings. The fourth-order valence-corrected chi connectivity index (χ4v) is 1.78. The summed E-state index contributed by atoms with van der Waals surface area (Å²) in [6, 6.07) is 4.37. The van der Waals surface area contributed by atoms with Crippen molar-refractivity contribution in [2.24, 2.45) is 5.92 Å². The molecule has 4 nitrogen and oxygen atoms in total. The molecule has 1 N–H and O–H groups in total. The number of esters is 1. The van der Waals surface area contributed by atoms with E-state index >= 15 is 0 Å². The van der Waals surface area contributed by atoms with Gasteiger partial charge in [-0.3, -0.25) is 4.79 Å². The van der Waals surface area contributed by atoms with E-state index in [0.717, 1.165) is 0 Å². The van der Waals surface area contributed by atoms with Gasteiger partial charge in [-0.1, -0.05) is 37.0 Å². The molecule has 0 bridgehead atoms. The second kappa shape index (κ2) is 7.36. The van der Waals surface area contributed by atoms with E-state index in [9.17, 15) is 9.59 Å². The highest BCUT2D eigenvalue weighted by Gasteiger charge is 2.11. The summed E-state index contributed by atoms with van der Waals surface area (Å²) in [5, 5.41) is 3.32. The van der Waals surface area contributed by atoms with Crippen molar-refractivity contribution in [3.8, 4) is 0 Å². The second-order valence-corrected chi connectivity index (χ2v) is 5.31. The van der Waals surface area contributed by atoms with E-state index in [0.29, 0.717) is 22.5 Å². The molecule has 0 atom stereocenters. The zero-order valence-corrected chi connectivity index (χ0v) is 12.2. The average molecular weight is 304 g/mol. The van der Waals surface area contributed by atoms with Gasteiger partial charge in [0.1, 0.15) is 0 Å². The molecule has 1 rings (SSSR count). The molecule has 1 amide bonds. The fraction of sp³-hybridized carbons (Fsp3) is 0.385. The largest absolute Gasteiger partial charge is 0.452 e. The maximum atomic E-state index is 11.7. The molecule has 0 radical (unpaired) electrons. The van der Waals surface area contributed by atoms with Gasteiger partial charge in [-0.15, -0.1) is 0 Å². The Balaban J connectivity index is 2.49. The molecule has 6 heteroatoms. The third-order valence-corrected chi connectivity index (χ3v) is 2.58. The molecule has 0 aliphatic heterocycles. The number of nitrogens with one attached hydrogen (secondary N) is 1. The third kappa shape index (κ3) is 5.94. The molecule has 0 aliphatic rings. The summed E-state index contributed by atoms with van der Waals surface area (Å²) in [6.45, 7) is 4.16. The van der Waals surface area contributed by atoms with Crippen LogP contribution in [0.4, 0.5) is 0 Å². The summed E-state index contributed by atoms with van der Waals surface area (Å²) in [5.41, 5.74) is 0.217. The number of carbonyl (C=O) groups is 2. The minimum atomic E-state index is -0.635. The molecule has 0 fully saturated rings. The van der Waals surface area contributed by atoms with Crippen molar-refractivity contribution in [2.45, 2.75) is 13.8 Å². The summed E-state index contributed by atoms with van der Waals surface area (Å²) in [5.74, 6) is -0.634. The van der Waals surface area contributed by atoms with Crippen molar-refractivity contribution < 1.29 is 14.3 Å². The van der Waals surface area contributed by atoms with Crippen LogP contribution in [0.2, 0.25) is 10.0 Å². The Hall–Kier alpha value is -1.26. The number of rotatable bonds is 5. The first-order valence-electron chi connectivity index (χ1n) is 5.78. The van der Waals surface area contributed by atoms with Gasteiger partial charge in [0.25, 0.3) is 5.91 Å². The zero-order chi connectivity index (χ0) is 14.4. The summed E-state index contributed by atoms with van der Waals surface area (Å²) >= 11 is 11.5. The van der Waals surface area contributed by atoms with E-state index < -0.39 is 5.97 Å². The lowest BCUT2D eigenvalue weighted by Gasteiger charge is -2.08. The molecule has 0 spiro atoms. The predicted octanol–water partition coefficient (Wildman–Crippen LogP) is 2.92. The van der Waals surface area contributed by atoms with Crippen LogP contribution in [0.25, 0.3) is 0 Å². The van der Waals surface area contributed by atoms with Gasteiger partial charge in [-0.25, -0.2) is 4.79 Å². The van der Waals surface area contributed by atoms with Crippen LogP contribution in [-0.2, 0) is 9.53 Å². The average Bonchev–Trinajstić information content (AvgIpc) is 2.32. The smallest absolute Gasteiger partial charge is 0.338 e. The Labute approximate surface area is 122 Å². The first kappa shape index (κ1) is 15.8. The Bertz CT molecular complexity index is 455. The molecule has 0 heterocycles. The van der Waals surface area contributed by atoms with Crippen molar-refractivity contribution in [1.29, 1.82) is 0 Å². The van der Waals surface area contributed by atoms with Crippen LogP contribution in [0.1, 0.15) is 24.2 Å². The highest BCUT2D eigenvalue weighted by molar-refractivity contribution is 6.35. The van der Waals surface area contributed by atoms with Crippen LogP contribution in [0.3, 0.4) is 0 Å². The topological polar surface area (TPSA) is 55.4 Å². The molecule has 0 saturated heterocycles. The van der Waals surface area contributed by atoms with Crippen molar-refractivity contribution in [2.75, 3.05) is 13.2 Å². The monoisotopic (exact) mass is 303 g/mol. The number of hydrogen-bond acceptors (Lipinski definition) is 3. The molecule has 104 valence electrons. The van der Waals surface area contributed by atoms with Crippen molar-refractivity contribution in [3.05, 3.63) is 33.8 Å².